The van der Waals surface area contributed by atoms with Crippen LogP contribution >= 0.6 is 11.6 Å². The van der Waals surface area contributed by atoms with E-state index >= 15 is 0 Å². The van der Waals surface area contributed by atoms with E-state index in [-0.39, 0.29) is 5.56 Å². The van der Waals surface area contributed by atoms with E-state index in [9.17, 15) is 4.79 Å². The molecular formula is C26H20ClN5O. The van der Waals surface area contributed by atoms with Crippen molar-refractivity contribution in [3.8, 4) is 11.3 Å². The molecule has 0 aliphatic carbocycles. The number of para-hydroxylation sites is 1. The van der Waals surface area contributed by atoms with Crippen molar-refractivity contribution in [3.63, 3.8) is 0 Å². The smallest absolute Gasteiger partial charge is 0.253 e. The van der Waals surface area contributed by atoms with Crippen molar-refractivity contribution in [2.45, 2.75) is 6.54 Å². The zero-order valence-corrected chi connectivity index (χ0v) is 18.3. The molecule has 3 aromatic carbocycles. The number of hydrogen-bond acceptors (Lipinski definition) is 5. The second-order valence-electron chi connectivity index (χ2n) is 7.54. The van der Waals surface area contributed by atoms with Gasteiger partial charge in [0.2, 0.25) is 5.95 Å². The van der Waals surface area contributed by atoms with E-state index in [1.807, 2.05) is 84.9 Å². The second-order valence-corrected chi connectivity index (χ2v) is 7.98. The standard InChI is InChI=1S/C26H20ClN5O/c27-20-7-5-17(6-8-20)24-13-14-28-26(32-24)30-22-11-9-21(10-12-22)29-16-19-15-18-3-1-2-4-23(18)31-25(19)33/h1-15,29H,16H2,(H,31,33)(H,28,30,32). The SMILES string of the molecule is O=c1[nH]c2ccccc2cc1CNc1ccc(Nc2nccc(-c3ccc(Cl)cc3)n2)cc1. The Labute approximate surface area is 195 Å². The maximum atomic E-state index is 12.3. The summed E-state index contributed by atoms with van der Waals surface area (Å²) in [5.41, 5.74) is 4.97. The summed E-state index contributed by atoms with van der Waals surface area (Å²) in [6.07, 6.45) is 1.72. The summed E-state index contributed by atoms with van der Waals surface area (Å²) >= 11 is 5.97. The average molecular weight is 454 g/mol. The maximum absolute atomic E-state index is 12.3. The monoisotopic (exact) mass is 453 g/mol. The van der Waals surface area contributed by atoms with Crippen molar-refractivity contribution >= 4 is 39.8 Å². The summed E-state index contributed by atoms with van der Waals surface area (Å²) < 4.78 is 0. The molecule has 0 aliphatic heterocycles. The molecule has 0 aliphatic rings. The average Bonchev–Trinajstić information content (AvgIpc) is 2.84. The van der Waals surface area contributed by atoms with E-state index in [0.717, 1.165) is 33.5 Å². The van der Waals surface area contributed by atoms with Crippen LogP contribution in [0.3, 0.4) is 0 Å². The first-order valence-electron chi connectivity index (χ1n) is 10.4. The minimum absolute atomic E-state index is 0.0859. The fraction of sp³-hybridized carbons (Fsp3) is 0.0385. The van der Waals surface area contributed by atoms with Gasteiger partial charge >= 0.3 is 0 Å². The lowest BCUT2D eigenvalue weighted by atomic mass is 10.1. The minimum Gasteiger partial charge on any atom is -0.381 e. The summed E-state index contributed by atoms with van der Waals surface area (Å²) in [4.78, 5) is 24.1. The number of hydrogen-bond donors (Lipinski definition) is 3. The van der Waals surface area contributed by atoms with Crippen LogP contribution in [0.25, 0.3) is 22.2 Å². The van der Waals surface area contributed by atoms with Crippen molar-refractivity contribution < 1.29 is 0 Å². The summed E-state index contributed by atoms with van der Waals surface area (Å²) in [6, 6.07) is 26.8. The van der Waals surface area contributed by atoms with Crippen molar-refractivity contribution in [2.75, 3.05) is 10.6 Å². The molecule has 0 saturated carbocycles. The van der Waals surface area contributed by atoms with Crippen LogP contribution < -0.4 is 16.2 Å². The van der Waals surface area contributed by atoms with E-state index < -0.39 is 0 Å². The van der Waals surface area contributed by atoms with E-state index in [2.05, 4.69) is 25.6 Å². The molecule has 6 nitrogen and oxygen atoms in total. The van der Waals surface area contributed by atoms with Crippen LogP contribution in [0.15, 0.2) is 95.9 Å². The number of nitrogens with one attached hydrogen (secondary N) is 3. The van der Waals surface area contributed by atoms with Gasteiger partial charge in [-0.1, -0.05) is 41.9 Å². The number of H-pyrrole nitrogens is 1. The molecule has 0 atom stereocenters. The minimum atomic E-state index is -0.0859. The molecule has 5 aromatic rings. The summed E-state index contributed by atoms with van der Waals surface area (Å²) in [6.45, 7) is 0.430. The molecule has 0 radical (unpaired) electrons. The van der Waals surface area contributed by atoms with Crippen LogP contribution in [0, 0.1) is 0 Å². The second kappa shape index (κ2) is 9.14. The Morgan fingerprint density at radius 2 is 1.64 bits per heavy atom. The molecule has 0 unspecified atom stereocenters. The Hall–Kier alpha value is -4.16. The molecule has 0 amide bonds. The highest BCUT2D eigenvalue weighted by Crippen LogP contribution is 2.22. The lowest BCUT2D eigenvalue weighted by Gasteiger charge is -2.10. The molecule has 0 saturated heterocycles. The van der Waals surface area contributed by atoms with Gasteiger partial charge in [0.25, 0.3) is 5.56 Å². The van der Waals surface area contributed by atoms with Gasteiger partial charge < -0.3 is 15.6 Å². The number of halogens is 1. The van der Waals surface area contributed by atoms with Gasteiger partial charge in [0.15, 0.2) is 0 Å². The molecule has 0 fully saturated rings. The molecular weight excluding hydrogens is 434 g/mol. The van der Waals surface area contributed by atoms with E-state index in [0.29, 0.717) is 23.1 Å². The van der Waals surface area contributed by atoms with E-state index in [4.69, 9.17) is 11.6 Å². The van der Waals surface area contributed by atoms with Crippen LogP contribution in [0.2, 0.25) is 5.02 Å². The Morgan fingerprint density at radius 3 is 2.45 bits per heavy atom. The first-order valence-corrected chi connectivity index (χ1v) is 10.8. The van der Waals surface area contributed by atoms with Gasteiger partial charge in [-0.05, 0) is 60.0 Å². The highest BCUT2D eigenvalue weighted by molar-refractivity contribution is 6.30. The number of pyridine rings is 1. The zero-order chi connectivity index (χ0) is 22.6. The van der Waals surface area contributed by atoms with Crippen LogP contribution in [0.1, 0.15) is 5.56 Å². The predicted molar refractivity (Wildman–Crippen MR) is 134 cm³/mol. The molecule has 5 rings (SSSR count). The van der Waals surface area contributed by atoms with Crippen molar-refractivity contribution in [1.82, 2.24) is 15.0 Å². The maximum Gasteiger partial charge on any atom is 0.253 e. The fourth-order valence-corrected chi connectivity index (χ4v) is 3.65. The number of benzene rings is 3. The first-order chi connectivity index (χ1) is 16.1. The highest BCUT2D eigenvalue weighted by Gasteiger charge is 2.05. The zero-order valence-electron chi connectivity index (χ0n) is 17.5. The van der Waals surface area contributed by atoms with Gasteiger partial charge in [-0.15, -0.1) is 0 Å². The Morgan fingerprint density at radius 1 is 0.879 bits per heavy atom. The summed E-state index contributed by atoms with van der Waals surface area (Å²) in [5, 5.41) is 8.22. The van der Waals surface area contributed by atoms with Crippen molar-refractivity contribution in [1.29, 1.82) is 0 Å². The van der Waals surface area contributed by atoms with E-state index in [1.54, 1.807) is 6.20 Å². The third-order valence-electron chi connectivity index (χ3n) is 5.25. The summed E-state index contributed by atoms with van der Waals surface area (Å²) in [7, 11) is 0. The Bertz CT molecular complexity index is 1460. The van der Waals surface area contributed by atoms with Crippen molar-refractivity contribution in [2.24, 2.45) is 0 Å². The quantitative estimate of drug-likeness (QED) is 0.294. The van der Waals surface area contributed by atoms with Crippen LogP contribution in [0.5, 0.6) is 0 Å². The number of rotatable bonds is 6. The summed E-state index contributed by atoms with van der Waals surface area (Å²) in [5.74, 6) is 0.505. The van der Waals surface area contributed by atoms with Crippen LogP contribution in [-0.4, -0.2) is 15.0 Å². The molecule has 0 bridgehead atoms. The van der Waals surface area contributed by atoms with Crippen LogP contribution in [-0.2, 0) is 6.54 Å². The van der Waals surface area contributed by atoms with Gasteiger partial charge in [0.05, 0.1) is 5.69 Å². The molecule has 0 spiro atoms. The van der Waals surface area contributed by atoms with Gasteiger partial charge in [0, 0.05) is 45.8 Å². The molecule has 2 heterocycles. The Balaban J connectivity index is 1.26. The lowest BCUT2D eigenvalue weighted by Crippen LogP contribution is -2.15. The lowest BCUT2D eigenvalue weighted by molar-refractivity contribution is 1.09. The van der Waals surface area contributed by atoms with Gasteiger partial charge in [-0.3, -0.25) is 4.79 Å². The number of aromatic amines is 1. The predicted octanol–water partition coefficient (Wildman–Crippen LogP) is 5.99. The fourth-order valence-electron chi connectivity index (χ4n) is 3.52. The molecule has 33 heavy (non-hydrogen) atoms. The number of fused-ring (bicyclic) bond motifs is 1. The largest absolute Gasteiger partial charge is 0.381 e. The molecule has 7 heteroatoms. The number of anilines is 3. The number of aromatic nitrogens is 3. The van der Waals surface area contributed by atoms with Gasteiger partial charge in [0.1, 0.15) is 0 Å². The topological polar surface area (TPSA) is 82.7 Å². The van der Waals surface area contributed by atoms with E-state index in [1.165, 1.54) is 0 Å². The van der Waals surface area contributed by atoms with Crippen LogP contribution in [0.4, 0.5) is 17.3 Å². The normalized spacial score (nSPS) is 10.8. The van der Waals surface area contributed by atoms with Crippen molar-refractivity contribution in [3.05, 3.63) is 112 Å². The molecule has 162 valence electrons. The number of nitrogens with zero attached hydrogens (tertiary/aromatic N) is 2. The Kier molecular flexibility index (Phi) is 5.74. The highest BCUT2D eigenvalue weighted by atomic mass is 35.5. The van der Waals surface area contributed by atoms with Gasteiger partial charge in [-0.2, -0.15) is 0 Å². The third kappa shape index (κ3) is 4.86. The molecule has 3 N–H and O–H groups in total. The first kappa shape index (κ1) is 20.7. The van der Waals surface area contributed by atoms with Gasteiger partial charge in [-0.25, -0.2) is 9.97 Å². The molecule has 2 aromatic heterocycles. The third-order valence-corrected chi connectivity index (χ3v) is 5.50.